The SMILES string of the molecule is CC(C)(C)OC(=O)OC(C)(C1CC2C3C=CC(C3)C2C1O)C(F)(F)F. The molecule has 0 aromatic rings. The number of alkyl halides is 3. The van der Waals surface area contributed by atoms with E-state index in [4.69, 9.17) is 9.47 Å². The first-order valence-corrected chi connectivity index (χ1v) is 8.68. The topological polar surface area (TPSA) is 55.8 Å². The third-order valence-corrected chi connectivity index (χ3v) is 5.98. The molecule has 2 saturated carbocycles. The highest BCUT2D eigenvalue weighted by atomic mass is 19.4. The van der Waals surface area contributed by atoms with Crippen LogP contribution in [-0.2, 0) is 9.47 Å². The van der Waals surface area contributed by atoms with Crippen molar-refractivity contribution in [3.05, 3.63) is 12.2 Å². The van der Waals surface area contributed by atoms with Gasteiger partial charge in [-0.15, -0.1) is 0 Å². The zero-order valence-corrected chi connectivity index (χ0v) is 14.8. The van der Waals surface area contributed by atoms with Crippen molar-refractivity contribution in [2.45, 2.75) is 64.0 Å². The molecule has 7 atom stereocenters. The fraction of sp³-hybridized carbons (Fsp3) is 0.833. The minimum atomic E-state index is -4.80. The summed E-state index contributed by atoms with van der Waals surface area (Å²) in [4.78, 5) is 11.9. The van der Waals surface area contributed by atoms with Crippen LogP contribution >= 0.6 is 0 Å². The molecule has 2 bridgehead atoms. The minimum absolute atomic E-state index is 0.0129. The molecule has 0 radical (unpaired) electrons. The molecule has 7 heteroatoms. The maximum absolute atomic E-state index is 13.8. The summed E-state index contributed by atoms with van der Waals surface area (Å²) >= 11 is 0. The highest BCUT2D eigenvalue weighted by molar-refractivity contribution is 5.61. The number of hydrogen-bond acceptors (Lipinski definition) is 4. The summed E-state index contributed by atoms with van der Waals surface area (Å²) in [7, 11) is 0. The lowest BCUT2D eigenvalue weighted by Gasteiger charge is -2.39. The molecular formula is C18H25F3O4. The predicted molar refractivity (Wildman–Crippen MR) is 83.6 cm³/mol. The number of rotatable bonds is 2. The highest BCUT2D eigenvalue weighted by Gasteiger charge is 2.67. The van der Waals surface area contributed by atoms with Crippen LogP contribution < -0.4 is 0 Å². The Morgan fingerprint density at radius 1 is 1.04 bits per heavy atom. The van der Waals surface area contributed by atoms with Gasteiger partial charge >= 0.3 is 12.3 Å². The minimum Gasteiger partial charge on any atom is -0.429 e. The number of fused-ring (bicyclic) bond motifs is 5. The Labute approximate surface area is 145 Å². The second-order valence-corrected chi connectivity index (χ2v) is 8.69. The molecule has 3 aliphatic carbocycles. The van der Waals surface area contributed by atoms with Crippen LogP contribution in [0, 0.1) is 29.6 Å². The molecule has 0 spiro atoms. The van der Waals surface area contributed by atoms with Crippen molar-refractivity contribution in [1.29, 1.82) is 0 Å². The number of aliphatic hydroxyl groups is 1. The van der Waals surface area contributed by atoms with E-state index < -0.39 is 35.6 Å². The Bertz CT molecular complexity index is 580. The van der Waals surface area contributed by atoms with E-state index in [1.807, 2.05) is 12.2 Å². The molecule has 0 saturated heterocycles. The summed E-state index contributed by atoms with van der Waals surface area (Å²) in [6.45, 7) is 5.51. The van der Waals surface area contributed by atoms with Crippen molar-refractivity contribution in [3.8, 4) is 0 Å². The maximum atomic E-state index is 13.8. The fourth-order valence-corrected chi connectivity index (χ4v) is 4.84. The van der Waals surface area contributed by atoms with Crippen molar-refractivity contribution in [2.24, 2.45) is 29.6 Å². The molecule has 4 nitrogen and oxygen atoms in total. The van der Waals surface area contributed by atoms with Gasteiger partial charge in [0.2, 0.25) is 5.60 Å². The van der Waals surface area contributed by atoms with Gasteiger partial charge in [0, 0.05) is 5.92 Å². The number of carbonyl (C=O) groups excluding carboxylic acids is 1. The van der Waals surface area contributed by atoms with Crippen LogP contribution in [0.2, 0.25) is 0 Å². The van der Waals surface area contributed by atoms with Crippen molar-refractivity contribution >= 4 is 6.16 Å². The molecule has 2 fully saturated rings. The molecular weight excluding hydrogens is 337 g/mol. The molecule has 0 heterocycles. The lowest BCUT2D eigenvalue weighted by Crippen LogP contribution is -2.55. The Kier molecular flexibility index (Phi) is 4.18. The van der Waals surface area contributed by atoms with Crippen LogP contribution in [0.5, 0.6) is 0 Å². The second-order valence-electron chi connectivity index (χ2n) is 8.69. The van der Waals surface area contributed by atoms with Gasteiger partial charge in [0.25, 0.3) is 0 Å². The first-order valence-electron chi connectivity index (χ1n) is 8.68. The lowest BCUT2D eigenvalue weighted by molar-refractivity contribution is -0.285. The molecule has 7 unspecified atom stereocenters. The van der Waals surface area contributed by atoms with Crippen molar-refractivity contribution in [1.82, 2.24) is 0 Å². The summed E-state index contributed by atoms with van der Waals surface area (Å²) in [5.74, 6) is -1.04. The van der Waals surface area contributed by atoms with Crippen LogP contribution in [-0.4, -0.2) is 34.7 Å². The number of carbonyl (C=O) groups is 1. The van der Waals surface area contributed by atoms with Gasteiger partial charge in [0.15, 0.2) is 0 Å². The van der Waals surface area contributed by atoms with Gasteiger partial charge in [-0.05, 0) is 64.2 Å². The van der Waals surface area contributed by atoms with Gasteiger partial charge < -0.3 is 14.6 Å². The number of allylic oxidation sites excluding steroid dienone is 2. The van der Waals surface area contributed by atoms with E-state index >= 15 is 0 Å². The molecule has 3 aliphatic rings. The van der Waals surface area contributed by atoms with E-state index in [9.17, 15) is 23.1 Å². The average molecular weight is 362 g/mol. The summed E-state index contributed by atoms with van der Waals surface area (Å²) in [6, 6.07) is 0. The van der Waals surface area contributed by atoms with Crippen LogP contribution in [0.15, 0.2) is 12.2 Å². The molecule has 0 aromatic carbocycles. The van der Waals surface area contributed by atoms with Crippen molar-refractivity contribution in [2.75, 3.05) is 0 Å². The number of hydrogen-bond donors (Lipinski definition) is 1. The summed E-state index contributed by atoms with van der Waals surface area (Å²) < 4.78 is 51.3. The van der Waals surface area contributed by atoms with Gasteiger partial charge in [-0.2, -0.15) is 13.2 Å². The van der Waals surface area contributed by atoms with Gasteiger partial charge in [0.1, 0.15) is 5.60 Å². The third kappa shape index (κ3) is 3.04. The van der Waals surface area contributed by atoms with E-state index in [0.717, 1.165) is 13.3 Å². The normalized spacial score (nSPS) is 39.2. The largest absolute Gasteiger partial charge is 0.509 e. The number of halogens is 3. The Balaban J connectivity index is 1.83. The molecule has 142 valence electrons. The van der Waals surface area contributed by atoms with E-state index in [1.54, 1.807) is 20.8 Å². The molecule has 0 aliphatic heterocycles. The zero-order chi connectivity index (χ0) is 18.8. The van der Waals surface area contributed by atoms with E-state index in [1.165, 1.54) is 0 Å². The maximum Gasteiger partial charge on any atom is 0.509 e. The smallest absolute Gasteiger partial charge is 0.429 e. The molecule has 0 amide bonds. The van der Waals surface area contributed by atoms with E-state index in [2.05, 4.69) is 0 Å². The van der Waals surface area contributed by atoms with E-state index in [0.29, 0.717) is 0 Å². The van der Waals surface area contributed by atoms with Crippen LogP contribution in [0.1, 0.15) is 40.5 Å². The van der Waals surface area contributed by atoms with E-state index in [-0.39, 0.29) is 30.1 Å². The Hall–Kier alpha value is -1.24. The lowest BCUT2D eigenvalue weighted by atomic mass is 9.81. The fourth-order valence-electron chi connectivity index (χ4n) is 4.84. The second kappa shape index (κ2) is 5.63. The molecule has 1 N–H and O–H groups in total. The van der Waals surface area contributed by atoms with Crippen molar-refractivity contribution < 1.29 is 32.5 Å². The third-order valence-electron chi connectivity index (χ3n) is 5.98. The first kappa shape index (κ1) is 18.5. The molecule has 3 rings (SSSR count). The first-order chi connectivity index (χ1) is 11.3. The van der Waals surface area contributed by atoms with Gasteiger partial charge in [-0.25, -0.2) is 4.79 Å². The Morgan fingerprint density at radius 2 is 1.64 bits per heavy atom. The molecule has 0 aromatic heterocycles. The molecule has 25 heavy (non-hydrogen) atoms. The number of ether oxygens (including phenoxy) is 2. The highest BCUT2D eigenvalue weighted by Crippen LogP contribution is 2.60. The summed E-state index contributed by atoms with van der Waals surface area (Å²) in [6.07, 6.45) is -2.19. The zero-order valence-electron chi connectivity index (χ0n) is 14.8. The summed E-state index contributed by atoms with van der Waals surface area (Å²) in [5.41, 5.74) is -3.74. The number of aliphatic hydroxyl groups excluding tert-OH is 1. The van der Waals surface area contributed by atoms with Crippen LogP contribution in [0.25, 0.3) is 0 Å². The quantitative estimate of drug-likeness (QED) is 0.594. The van der Waals surface area contributed by atoms with Gasteiger partial charge in [-0.3, -0.25) is 0 Å². The summed E-state index contributed by atoms with van der Waals surface area (Å²) in [5, 5.41) is 10.7. The van der Waals surface area contributed by atoms with Crippen LogP contribution in [0.4, 0.5) is 18.0 Å². The van der Waals surface area contributed by atoms with Crippen molar-refractivity contribution in [3.63, 3.8) is 0 Å². The monoisotopic (exact) mass is 362 g/mol. The average Bonchev–Trinajstić information content (AvgIpc) is 3.07. The predicted octanol–water partition coefficient (Wildman–Crippen LogP) is 4.08. The van der Waals surface area contributed by atoms with Gasteiger partial charge in [-0.1, -0.05) is 12.2 Å². The van der Waals surface area contributed by atoms with Gasteiger partial charge in [0.05, 0.1) is 6.10 Å². The Morgan fingerprint density at radius 3 is 2.16 bits per heavy atom. The standard InChI is InChI=1S/C18H25F3O4/c1-16(2,3)24-15(23)25-17(4,18(19,20)21)12-8-11-9-5-6-10(7-9)13(11)14(12)22/h5-6,9-14,22H,7-8H2,1-4H3. The van der Waals surface area contributed by atoms with Crippen LogP contribution in [0.3, 0.4) is 0 Å².